The molecule has 2 aromatic carbocycles. The Morgan fingerprint density at radius 2 is 1.74 bits per heavy atom. The molecule has 0 radical (unpaired) electrons. The number of fused-ring (bicyclic) bond motifs is 1. The highest BCUT2D eigenvalue weighted by molar-refractivity contribution is 7.17. The van der Waals surface area contributed by atoms with Gasteiger partial charge in [0.2, 0.25) is 0 Å². The minimum absolute atomic E-state index is 0.0547. The van der Waals surface area contributed by atoms with Crippen LogP contribution in [-0.2, 0) is 0 Å². The zero-order valence-electron chi connectivity index (χ0n) is 11.2. The fourth-order valence-electron chi connectivity index (χ4n) is 2.63. The summed E-state index contributed by atoms with van der Waals surface area (Å²) >= 11 is 1.77. The second-order valence-electron chi connectivity index (χ2n) is 5.08. The van der Waals surface area contributed by atoms with Crippen LogP contribution >= 0.6 is 11.3 Å². The monoisotopic (exact) mass is 267 g/mol. The van der Waals surface area contributed by atoms with Gasteiger partial charge in [0.1, 0.15) is 0 Å². The Morgan fingerprint density at radius 1 is 1.00 bits per heavy atom. The van der Waals surface area contributed by atoms with E-state index in [4.69, 9.17) is 5.73 Å². The molecule has 2 heteroatoms. The molecule has 0 aliphatic heterocycles. The highest BCUT2D eigenvalue weighted by Gasteiger charge is 2.13. The Hall–Kier alpha value is -1.64. The van der Waals surface area contributed by atoms with E-state index in [-0.39, 0.29) is 6.04 Å². The Morgan fingerprint density at radius 3 is 2.47 bits per heavy atom. The third-order valence-corrected chi connectivity index (χ3v) is 4.43. The van der Waals surface area contributed by atoms with Crippen LogP contribution in [-0.4, -0.2) is 0 Å². The molecule has 0 amide bonds. The number of aryl methyl sites for hydroxylation is 2. The van der Waals surface area contributed by atoms with Gasteiger partial charge < -0.3 is 5.73 Å². The molecule has 3 rings (SSSR count). The van der Waals surface area contributed by atoms with E-state index < -0.39 is 0 Å². The topological polar surface area (TPSA) is 26.0 Å². The second kappa shape index (κ2) is 4.80. The van der Waals surface area contributed by atoms with Crippen LogP contribution in [0.15, 0.2) is 47.8 Å². The maximum atomic E-state index is 6.49. The molecule has 19 heavy (non-hydrogen) atoms. The predicted octanol–water partition coefficient (Wildman–Crippen LogP) is 4.57. The van der Waals surface area contributed by atoms with Crippen LogP contribution < -0.4 is 5.73 Å². The number of thiophene rings is 1. The van der Waals surface area contributed by atoms with Crippen LogP contribution in [0, 0.1) is 13.8 Å². The van der Waals surface area contributed by atoms with Gasteiger partial charge in [0, 0.05) is 4.70 Å². The van der Waals surface area contributed by atoms with Crippen molar-refractivity contribution in [1.82, 2.24) is 0 Å². The van der Waals surface area contributed by atoms with Gasteiger partial charge >= 0.3 is 0 Å². The molecule has 0 aliphatic rings. The van der Waals surface area contributed by atoms with Crippen molar-refractivity contribution in [1.29, 1.82) is 0 Å². The first-order chi connectivity index (χ1) is 9.15. The minimum Gasteiger partial charge on any atom is -0.320 e. The van der Waals surface area contributed by atoms with E-state index in [2.05, 4.69) is 61.7 Å². The molecule has 1 heterocycles. The first-order valence-corrected chi connectivity index (χ1v) is 7.33. The number of hydrogen-bond acceptors (Lipinski definition) is 2. The smallest absolute Gasteiger partial charge is 0.0566 e. The van der Waals surface area contributed by atoms with E-state index in [9.17, 15) is 0 Å². The summed E-state index contributed by atoms with van der Waals surface area (Å²) < 4.78 is 1.30. The number of nitrogens with two attached hydrogens (primary N) is 1. The van der Waals surface area contributed by atoms with Gasteiger partial charge in [-0.2, -0.15) is 0 Å². The molecule has 1 unspecified atom stereocenters. The van der Waals surface area contributed by atoms with Gasteiger partial charge in [0.25, 0.3) is 0 Å². The molecule has 2 N–H and O–H groups in total. The van der Waals surface area contributed by atoms with Crippen LogP contribution in [0.3, 0.4) is 0 Å². The first kappa shape index (κ1) is 12.4. The molecule has 96 valence electrons. The van der Waals surface area contributed by atoms with Crippen molar-refractivity contribution >= 4 is 21.4 Å². The Labute approximate surface area is 117 Å². The lowest BCUT2D eigenvalue weighted by Gasteiger charge is -2.15. The molecule has 0 saturated carbocycles. The summed E-state index contributed by atoms with van der Waals surface area (Å²) in [6.45, 7) is 4.24. The van der Waals surface area contributed by atoms with Crippen LogP contribution in [0.1, 0.15) is 28.3 Å². The molecular weight excluding hydrogens is 250 g/mol. The summed E-state index contributed by atoms with van der Waals surface area (Å²) in [6, 6.07) is 15.0. The zero-order chi connectivity index (χ0) is 13.4. The summed E-state index contributed by atoms with van der Waals surface area (Å²) in [5.41, 5.74) is 11.4. The van der Waals surface area contributed by atoms with Crippen LogP contribution in [0.5, 0.6) is 0 Å². The largest absolute Gasteiger partial charge is 0.320 e. The predicted molar refractivity (Wildman–Crippen MR) is 83.8 cm³/mol. The first-order valence-electron chi connectivity index (χ1n) is 6.45. The average Bonchev–Trinajstić information content (AvgIpc) is 2.84. The quantitative estimate of drug-likeness (QED) is 0.723. The van der Waals surface area contributed by atoms with Crippen molar-refractivity contribution in [3.05, 3.63) is 70.1 Å². The zero-order valence-corrected chi connectivity index (χ0v) is 12.0. The summed E-state index contributed by atoms with van der Waals surface area (Å²) in [5, 5.41) is 3.41. The maximum absolute atomic E-state index is 6.49. The number of hydrogen-bond donors (Lipinski definition) is 1. The summed E-state index contributed by atoms with van der Waals surface area (Å²) in [5.74, 6) is 0. The van der Waals surface area contributed by atoms with Crippen molar-refractivity contribution in [2.45, 2.75) is 19.9 Å². The van der Waals surface area contributed by atoms with Gasteiger partial charge in [0.15, 0.2) is 0 Å². The normalized spacial score (nSPS) is 12.8. The van der Waals surface area contributed by atoms with Gasteiger partial charge in [-0.25, -0.2) is 0 Å². The lowest BCUT2D eigenvalue weighted by molar-refractivity contribution is 0.878. The van der Waals surface area contributed by atoms with Crippen molar-refractivity contribution in [2.24, 2.45) is 5.73 Å². The van der Waals surface area contributed by atoms with E-state index in [0.29, 0.717) is 0 Å². The minimum atomic E-state index is -0.0547. The molecule has 0 fully saturated rings. The third kappa shape index (κ3) is 2.29. The average molecular weight is 267 g/mol. The summed E-state index contributed by atoms with van der Waals surface area (Å²) in [6.07, 6.45) is 0. The molecule has 0 bridgehead atoms. The Kier molecular flexibility index (Phi) is 3.13. The van der Waals surface area contributed by atoms with Crippen LogP contribution in [0.2, 0.25) is 0 Å². The number of benzene rings is 2. The lowest BCUT2D eigenvalue weighted by Crippen LogP contribution is -2.12. The third-order valence-electron chi connectivity index (χ3n) is 3.45. The van der Waals surface area contributed by atoms with Gasteiger partial charge in [-0.15, -0.1) is 11.3 Å². The van der Waals surface area contributed by atoms with E-state index in [0.717, 1.165) is 0 Å². The highest BCUT2D eigenvalue weighted by atomic mass is 32.1. The van der Waals surface area contributed by atoms with Gasteiger partial charge in [-0.05, 0) is 41.8 Å². The lowest BCUT2D eigenvalue weighted by atomic mass is 9.96. The highest BCUT2D eigenvalue weighted by Crippen LogP contribution is 2.31. The summed E-state index contributed by atoms with van der Waals surface area (Å²) in [4.78, 5) is 0. The molecule has 0 spiro atoms. The van der Waals surface area contributed by atoms with Gasteiger partial charge in [0.05, 0.1) is 6.04 Å². The van der Waals surface area contributed by atoms with E-state index >= 15 is 0 Å². The SMILES string of the molecule is Cc1cc(C)cc(C(N)c2cccc3ccsc23)c1. The number of rotatable bonds is 2. The Bertz CT molecular complexity index is 707. The molecule has 0 aliphatic carbocycles. The van der Waals surface area contributed by atoms with E-state index in [1.54, 1.807) is 11.3 Å². The van der Waals surface area contributed by atoms with E-state index in [1.807, 2.05) is 0 Å². The second-order valence-corrected chi connectivity index (χ2v) is 6.00. The standard InChI is InChI=1S/C17H17NS/c1-11-8-12(2)10-14(9-11)16(18)15-5-3-4-13-6-7-19-17(13)15/h3-10,16H,18H2,1-2H3. The van der Waals surface area contributed by atoms with E-state index in [1.165, 1.54) is 32.3 Å². The fraction of sp³-hybridized carbons (Fsp3) is 0.176. The van der Waals surface area contributed by atoms with Crippen molar-refractivity contribution < 1.29 is 0 Å². The van der Waals surface area contributed by atoms with Crippen molar-refractivity contribution in [3.8, 4) is 0 Å². The van der Waals surface area contributed by atoms with Crippen molar-refractivity contribution in [2.75, 3.05) is 0 Å². The molecule has 0 saturated heterocycles. The van der Waals surface area contributed by atoms with Crippen LogP contribution in [0.25, 0.3) is 10.1 Å². The van der Waals surface area contributed by atoms with Gasteiger partial charge in [-0.3, -0.25) is 0 Å². The fourth-order valence-corrected chi connectivity index (χ4v) is 3.58. The molecule has 1 nitrogen and oxygen atoms in total. The molecule has 3 aromatic rings. The molecule has 1 atom stereocenters. The summed E-state index contributed by atoms with van der Waals surface area (Å²) in [7, 11) is 0. The molecule has 1 aromatic heterocycles. The van der Waals surface area contributed by atoms with Gasteiger partial charge in [-0.1, -0.05) is 47.5 Å². The molecular formula is C17H17NS. The maximum Gasteiger partial charge on any atom is 0.0566 e. The van der Waals surface area contributed by atoms with Crippen molar-refractivity contribution in [3.63, 3.8) is 0 Å². The van der Waals surface area contributed by atoms with Crippen LogP contribution in [0.4, 0.5) is 0 Å². The Balaban J connectivity index is 2.13.